The molecule has 90 valence electrons. The number of amides is 1. The summed E-state index contributed by atoms with van der Waals surface area (Å²) in [7, 11) is 5.34. The second-order valence-electron chi connectivity index (χ2n) is 4.17. The van der Waals surface area contributed by atoms with Crippen LogP contribution in [0.25, 0.3) is 0 Å². The lowest BCUT2D eigenvalue weighted by molar-refractivity contribution is -0.124. The summed E-state index contributed by atoms with van der Waals surface area (Å²) < 4.78 is 5.06. The molecule has 15 heavy (non-hydrogen) atoms. The first-order valence-electron chi connectivity index (χ1n) is 5.05. The topological polar surface area (TPSA) is 67.6 Å². The van der Waals surface area contributed by atoms with Crippen LogP contribution < -0.4 is 11.1 Å². The zero-order valence-electron chi connectivity index (χ0n) is 10.3. The number of methoxy groups -OCH3 is 1. The van der Waals surface area contributed by atoms with Gasteiger partial charge in [-0.05, 0) is 27.9 Å². The molecule has 1 amide bonds. The molecule has 0 saturated heterocycles. The predicted molar refractivity (Wildman–Crippen MR) is 60.6 cm³/mol. The Labute approximate surface area is 91.9 Å². The maximum atomic E-state index is 11.3. The van der Waals surface area contributed by atoms with Crippen LogP contribution in [0.3, 0.4) is 0 Å². The molecule has 2 unspecified atom stereocenters. The fourth-order valence-electron chi connectivity index (χ4n) is 1.30. The number of hydrogen-bond donors (Lipinski definition) is 2. The molecule has 0 fully saturated rings. The first-order chi connectivity index (χ1) is 6.87. The number of nitrogens with zero attached hydrogens (tertiary/aromatic N) is 1. The van der Waals surface area contributed by atoms with Crippen molar-refractivity contribution in [1.82, 2.24) is 10.2 Å². The van der Waals surface area contributed by atoms with Crippen molar-refractivity contribution in [1.29, 1.82) is 0 Å². The predicted octanol–water partition coefficient (Wildman–Crippen LogP) is -0.583. The molecule has 0 heterocycles. The molecule has 3 N–H and O–H groups in total. The molecule has 0 bridgehead atoms. The number of likely N-dealkylation sites (N-methyl/N-ethyl adjacent to an activating group) is 2. The Kier molecular flexibility index (Phi) is 5.79. The molecule has 0 aliphatic rings. The van der Waals surface area contributed by atoms with E-state index in [1.54, 1.807) is 21.1 Å². The highest BCUT2D eigenvalue weighted by Gasteiger charge is 2.31. The summed E-state index contributed by atoms with van der Waals surface area (Å²) in [6.07, 6.45) is 0. The van der Waals surface area contributed by atoms with Gasteiger partial charge >= 0.3 is 0 Å². The number of carbonyl (C=O) groups excluding carboxylic acids is 1. The number of ether oxygens (including phenoxy) is 1. The van der Waals surface area contributed by atoms with Crippen LogP contribution >= 0.6 is 0 Å². The molecule has 0 aromatic carbocycles. The van der Waals surface area contributed by atoms with E-state index in [9.17, 15) is 4.79 Å². The summed E-state index contributed by atoms with van der Waals surface area (Å²) >= 11 is 0. The van der Waals surface area contributed by atoms with Gasteiger partial charge in [0.2, 0.25) is 5.91 Å². The largest absolute Gasteiger partial charge is 0.383 e. The van der Waals surface area contributed by atoms with E-state index in [2.05, 4.69) is 5.32 Å². The maximum Gasteiger partial charge on any atom is 0.238 e. The van der Waals surface area contributed by atoms with Crippen molar-refractivity contribution in [3.63, 3.8) is 0 Å². The van der Waals surface area contributed by atoms with E-state index in [-0.39, 0.29) is 11.9 Å². The van der Waals surface area contributed by atoms with E-state index >= 15 is 0 Å². The Balaban J connectivity index is 4.35. The van der Waals surface area contributed by atoms with Gasteiger partial charge in [0.1, 0.15) is 5.54 Å². The van der Waals surface area contributed by atoms with Crippen LogP contribution in [0.5, 0.6) is 0 Å². The lowest BCUT2D eigenvalue weighted by Gasteiger charge is -2.33. The molecule has 0 saturated carbocycles. The normalized spacial score (nSPS) is 17.5. The highest BCUT2D eigenvalue weighted by Crippen LogP contribution is 2.07. The van der Waals surface area contributed by atoms with Crippen molar-refractivity contribution < 1.29 is 9.53 Å². The summed E-state index contributed by atoms with van der Waals surface area (Å²) in [5.74, 6) is -0.346. The van der Waals surface area contributed by atoms with E-state index in [1.165, 1.54) is 0 Å². The Morgan fingerprint density at radius 3 is 2.53 bits per heavy atom. The van der Waals surface area contributed by atoms with Crippen molar-refractivity contribution >= 4 is 5.91 Å². The zero-order chi connectivity index (χ0) is 12.1. The first-order valence-corrected chi connectivity index (χ1v) is 5.05. The van der Waals surface area contributed by atoms with Gasteiger partial charge in [0.15, 0.2) is 0 Å². The lowest BCUT2D eigenvalue weighted by atomic mass is 10.0. The smallest absolute Gasteiger partial charge is 0.238 e. The van der Waals surface area contributed by atoms with Gasteiger partial charge in [0.05, 0.1) is 6.61 Å². The van der Waals surface area contributed by atoms with Crippen LogP contribution in [-0.2, 0) is 9.53 Å². The van der Waals surface area contributed by atoms with Gasteiger partial charge in [-0.3, -0.25) is 9.69 Å². The summed E-state index contributed by atoms with van der Waals surface area (Å²) in [6.45, 7) is 5.03. The monoisotopic (exact) mass is 217 g/mol. The van der Waals surface area contributed by atoms with Gasteiger partial charge in [-0.25, -0.2) is 0 Å². The van der Waals surface area contributed by atoms with E-state index in [0.717, 1.165) is 0 Å². The molecule has 0 aliphatic heterocycles. The number of carbonyl (C=O) groups is 1. The average molecular weight is 217 g/mol. The average Bonchev–Trinajstić information content (AvgIpc) is 2.17. The molecular formula is C10H23N3O2. The summed E-state index contributed by atoms with van der Waals surface area (Å²) in [5.41, 5.74) is 4.65. The summed E-state index contributed by atoms with van der Waals surface area (Å²) in [5, 5.41) is 2.95. The van der Waals surface area contributed by atoms with E-state index in [0.29, 0.717) is 13.2 Å². The fourth-order valence-corrected chi connectivity index (χ4v) is 1.30. The second-order valence-corrected chi connectivity index (χ2v) is 4.17. The Hall–Kier alpha value is -0.650. The highest BCUT2D eigenvalue weighted by molar-refractivity contribution is 5.84. The molecule has 0 aromatic rings. The molecular weight excluding hydrogens is 194 g/mol. The van der Waals surface area contributed by atoms with Crippen molar-refractivity contribution in [3.8, 4) is 0 Å². The van der Waals surface area contributed by atoms with Crippen LogP contribution in [0, 0.1) is 0 Å². The van der Waals surface area contributed by atoms with Crippen molar-refractivity contribution in [2.45, 2.75) is 25.4 Å². The third kappa shape index (κ3) is 4.15. The summed E-state index contributed by atoms with van der Waals surface area (Å²) in [4.78, 5) is 13.3. The number of rotatable bonds is 7. The first kappa shape index (κ1) is 14.3. The SMILES string of the molecule is CNC(C)(CN(C)C(C)COC)C(N)=O. The van der Waals surface area contributed by atoms with Gasteiger partial charge in [-0.2, -0.15) is 0 Å². The fraction of sp³-hybridized carbons (Fsp3) is 0.900. The minimum Gasteiger partial charge on any atom is -0.383 e. The number of hydrogen-bond acceptors (Lipinski definition) is 4. The van der Waals surface area contributed by atoms with Crippen molar-refractivity contribution in [3.05, 3.63) is 0 Å². The Morgan fingerprint density at radius 1 is 1.67 bits per heavy atom. The van der Waals surface area contributed by atoms with Crippen molar-refractivity contribution in [2.24, 2.45) is 5.73 Å². The molecule has 5 heteroatoms. The Morgan fingerprint density at radius 2 is 2.20 bits per heavy atom. The van der Waals surface area contributed by atoms with Crippen LogP contribution in [0.4, 0.5) is 0 Å². The molecule has 0 aromatic heterocycles. The van der Waals surface area contributed by atoms with Crippen LogP contribution in [0.2, 0.25) is 0 Å². The minimum atomic E-state index is -0.698. The zero-order valence-corrected chi connectivity index (χ0v) is 10.3. The van der Waals surface area contributed by atoms with Gasteiger partial charge in [0, 0.05) is 19.7 Å². The second kappa shape index (κ2) is 6.05. The highest BCUT2D eigenvalue weighted by atomic mass is 16.5. The molecule has 2 atom stereocenters. The van der Waals surface area contributed by atoms with E-state index in [1.807, 2.05) is 18.9 Å². The van der Waals surface area contributed by atoms with Gasteiger partial charge in [-0.1, -0.05) is 0 Å². The molecule has 0 aliphatic carbocycles. The third-order valence-corrected chi connectivity index (χ3v) is 2.82. The van der Waals surface area contributed by atoms with Crippen LogP contribution in [0.15, 0.2) is 0 Å². The number of primary amides is 1. The molecule has 0 rings (SSSR count). The minimum absolute atomic E-state index is 0.252. The van der Waals surface area contributed by atoms with E-state index in [4.69, 9.17) is 10.5 Å². The quantitative estimate of drug-likeness (QED) is 0.598. The Bertz CT molecular complexity index is 211. The molecule has 0 spiro atoms. The van der Waals surface area contributed by atoms with Gasteiger partial charge < -0.3 is 15.8 Å². The lowest BCUT2D eigenvalue weighted by Crippen LogP contribution is -2.59. The van der Waals surface area contributed by atoms with Gasteiger partial charge in [0.25, 0.3) is 0 Å². The maximum absolute atomic E-state index is 11.3. The van der Waals surface area contributed by atoms with E-state index < -0.39 is 5.54 Å². The molecule has 0 radical (unpaired) electrons. The number of nitrogens with one attached hydrogen (secondary N) is 1. The third-order valence-electron chi connectivity index (χ3n) is 2.82. The number of nitrogens with two attached hydrogens (primary N) is 1. The summed E-state index contributed by atoms with van der Waals surface area (Å²) in [6, 6.07) is 0.252. The van der Waals surface area contributed by atoms with Gasteiger partial charge in [-0.15, -0.1) is 0 Å². The van der Waals surface area contributed by atoms with Crippen molar-refractivity contribution in [2.75, 3.05) is 34.4 Å². The standard InChI is InChI=1S/C10H23N3O2/c1-8(6-15-5)13(4)7-10(2,12-3)9(11)14/h8,12H,6-7H2,1-5H3,(H2,11,14). The molecule has 5 nitrogen and oxygen atoms in total. The van der Waals surface area contributed by atoms with Crippen LogP contribution in [0.1, 0.15) is 13.8 Å². The van der Waals surface area contributed by atoms with Crippen LogP contribution in [-0.4, -0.2) is 56.7 Å².